The third-order valence-electron chi connectivity index (χ3n) is 3.45. The van der Waals surface area contributed by atoms with E-state index < -0.39 is 0 Å². The largest absolute Gasteiger partial charge is 0.368 e. The van der Waals surface area contributed by atoms with Gasteiger partial charge in [0, 0.05) is 17.7 Å². The molecule has 22 heavy (non-hydrogen) atoms. The number of hydrogen-bond acceptors (Lipinski definition) is 4. The SMILES string of the molecule is CN[C@@H](CCCCNC(=O)c1ccc(C(C)=O)cc1)C(N)=O. The molecule has 0 saturated heterocycles. The summed E-state index contributed by atoms with van der Waals surface area (Å²) in [5.41, 5.74) is 6.33. The second-order valence-electron chi connectivity index (χ2n) is 5.13. The van der Waals surface area contributed by atoms with Gasteiger partial charge in [0.05, 0.1) is 6.04 Å². The molecule has 0 bridgehead atoms. The van der Waals surface area contributed by atoms with Crippen LogP contribution in [0.2, 0.25) is 0 Å². The highest BCUT2D eigenvalue weighted by molar-refractivity contribution is 5.97. The topological polar surface area (TPSA) is 101 Å². The van der Waals surface area contributed by atoms with Gasteiger partial charge in [0.1, 0.15) is 0 Å². The van der Waals surface area contributed by atoms with Crippen molar-refractivity contribution in [2.45, 2.75) is 32.2 Å². The Kier molecular flexibility index (Phi) is 7.25. The van der Waals surface area contributed by atoms with Crippen molar-refractivity contribution in [1.82, 2.24) is 10.6 Å². The molecular weight excluding hydrogens is 282 g/mol. The van der Waals surface area contributed by atoms with Crippen LogP contribution in [0.4, 0.5) is 0 Å². The highest BCUT2D eigenvalue weighted by Gasteiger charge is 2.11. The summed E-state index contributed by atoms with van der Waals surface area (Å²) in [6.45, 7) is 2.02. The minimum atomic E-state index is -0.364. The van der Waals surface area contributed by atoms with Crippen LogP contribution in [0.15, 0.2) is 24.3 Å². The lowest BCUT2D eigenvalue weighted by Gasteiger charge is -2.11. The highest BCUT2D eigenvalue weighted by atomic mass is 16.2. The summed E-state index contributed by atoms with van der Waals surface area (Å²) in [4.78, 5) is 34.1. The van der Waals surface area contributed by atoms with Crippen LogP contribution < -0.4 is 16.4 Å². The van der Waals surface area contributed by atoms with Gasteiger partial charge in [-0.3, -0.25) is 14.4 Å². The Morgan fingerprint density at radius 3 is 2.18 bits per heavy atom. The van der Waals surface area contributed by atoms with E-state index in [1.165, 1.54) is 6.92 Å². The third-order valence-corrected chi connectivity index (χ3v) is 3.45. The molecule has 0 fully saturated rings. The highest BCUT2D eigenvalue weighted by Crippen LogP contribution is 2.05. The van der Waals surface area contributed by atoms with Crippen molar-refractivity contribution in [3.63, 3.8) is 0 Å². The fraction of sp³-hybridized carbons (Fsp3) is 0.438. The molecule has 0 radical (unpaired) electrons. The molecule has 4 N–H and O–H groups in total. The molecule has 0 aliphatic rings. The molecule has 0 aliphatic heterocycles. The minimum Gasteiger partial charge on any atom is -0.368 e. The summed E-state index contributed by atoms with van der Waals surface area (Å²) >= 11 is 0. The van der Waals surface area contributed by atoms with Gasteiger partial charge >= 0.3 is 0 Å². The van der Waals surface area contributed by atoms with E-state index in [0.29, 0.717) is 24.1 Å². The van der Waals surface area contributed by atoms with Crippen molar-refractivity contribution in [1.29, 1.82) is 0 Å². The predicted molar refractivity (Wildman–Crippen MR) is 84.7 cm³/mol. The first kappa shape index (κ1) is 17.8. The Balaban J connectivity index is 2.31. The molecule has 1 atom stereocenters. The zero-order chi connectivity index (χ0) is 16.5. The number of unbranched alkanes of at least 4 members (excludes halogenated alkanes) is 1. The van der Waals surface area contributed by atoms with E-state index in [9.17, 15) is 14.4 Å². The molecule has 120 valence electrons. The van der Waals surface area contributed by atoms with Crippen LogP contribution in [0.3, 0.4) is 0 Å². The van der Waals surface area contributed by atoms with E-state index in [2.05, 4.69) is 10.6 Å². The smallest absolute Gasteiger partial charge is 0.251 e. The number of amides is 2. The van der Waals surface area contributed by atoms with Gasteiger partial charge in [-0.25, -0.2) is 0 Å². The molecule has 6 heteroatoms. The minimum absolute atomic E-state index is 0.0273. The fourth-order valence-corrected chi connectivity index (χ4v) is 2.06. The number of carbonyl (C=O) groups is 3. The van der Waals surface area contributed by atoms with Crippen LogP contribution in [-0.4, -0.2) is 37.2 Å². The van der Waals surface area contributed by atoms with Crippen molar-refractivity contribution >= 4 is 17.6 Å². The normalized spacial score (nSPS) is 11.7. The maximum atomic E-state index is 11.9. The number of nitrogens with two attached hydrogens (primary N) is 1. The number of nitrogens with one attached hydrogen (secondary N) is 2. The van der Waals surface area contributed by atoms with Gasteiger partial charge < -0.3 is 16.4 Å². The molecule has 0 heterocycles. The van der Waals surface area contributed by atoms with Gasteiger partial charge in [0.15, 0.2) is 5.78 Å². The van der Waals surface area contributed by atoms with Crippen LogP contribution in [0.5, 0.6) is 0 Å². The van der Waals surface area contributed by atoms with Crippen molar-refractivity contribution in [3.8, 4) is 0 Å². The summed E-state index contributed by atoms with van der Waals surface area (Å²) in [5.74, 6) is -0.562. The summed E-state index contributed by atoms with van der Waals surface area (Å²) in [6, 6.07) is 6.23. The Hall–Kier alpha value is -2.21. The lowest BCUT2D eigenvalue weighted by Crippen LogP contribution is -2.39. The molecular formula is C16H23N3O3. The van der Waals surface area contributed by atoms with E-state index in [1.807, 2.05) is 0 Å². The maximum absolute atomic E-state index is 11.9. The Labute approximate surface area is 130 Å². The first-order valence-electron chi connectivity index (χ1n) is 7.31. The van der Waals surface area contributed by atoms with Gasteiger partial charge in [0.25, 0.3) is 5.91 Å². The summed E-state index contributed by atoms with van der Waals surface area (Å²) in [7, 11) is 1.70. The number of hydrogen-bond donors (Lipinski definition) is 3. The van der Waals surface area contributed by atoms with Crippen LogP contribution in [0, 0.1) is 0 Å². The van der Waals surface area contributed by atoms with E-state index in [-0.39, 0.29) is 23.6 Å². The van der Waals surface area contributed by atoms with E-state index in [1.54, 1.807) is 31.3 Å². The van der Waals surface area contributed by atoms with Crippen LogP contribution in [0.1, 0.15) is 46.9 Å². The lowest BCUT2D eigenvalue weighted by molar-refractivity contribution is -0.120. The Morgan fingerprint density at radius 2 is 1.68 bits per heavy atom. The van der Waals surface area contributed by atoms with Crippen molar-refractivity contribution in [2.24, 2.45) is 5.73 Å². The average Bonchev–Trinajstić information content (AvgIpc) is 2.50. The summed E-state index contributed by atoms with van der Waals surface area (Å²) in [6.07, 6.45) is 2.20. The number of Topliss-reactive ketones (excluding diaryl/α,β-unsaturated/α-hetero) is 1. The standard InChI is InChI=1S/C16H23N3O3/c1-11(20)12-6-8-13(9-7-12)16(22)19-10-4-3-5-14(18-2)15(17)21/h6-9,14,18H,3-5,10H2,1-2H3,(H2,17,21)(H,19,22)/t14-/m0/s1. The molecule has 1 aromatic carbocycles. The molecule has 0 unspecified atom stereocenters. The Morgan fingerprint density at radius 1 is 1.09 bits per heavy atom. The van der Waals surface area contributed by atoms with Gasteiger partial charge in [-0.2, -0.15) is 0 Å². The Bertz CT molecular complexity index is 526. The average molecular weight is 305 g/mol. The van der Waals surface area contributed by atoms with Gasteiger partial charge in [-0.1, -0.05) is 12.1 Å². The zero-order valence-electron chi connectivity index (χ0n) is 13.0. The van der Waals surface area contributed by atoms with Crippen molar-refractivity contribution < 1.29 is 14.4 Å². The van der Waals surface area contributed by atoms with Crippen molar-refractivity contribution in [2.75, 3.05) is 13.6 Å². The number of benzene rings is 1. The molecule has 1 aromatic rings. The molecule has 0 aliphatic carbocycles. The lowest BCUT2D eigenvalue weighted by atomic mass is 10.1. The number of rotatable bonds is 9. The maximum Gasteiger partial charge on any atom is 0.251 e. The van der Waals surface area contributed by atoms with Gasteiger partial charge in [-0.05, 0) is 45.4 Å². The van der Waals surface area contributed by atoms with E-state index >= 15 is 0 Å². The monoisotopic (exact) mass is 305 g/mol. The van der Waals surface area contributed by atoms with Crippen LogP contribution in [0.25, 0.3) is 0 Å². The number of likely N-dealkylation sites (N-methyl/N-ethyl adjacent to an activating group) is 1. The van der Waals surface area contributed by atoms with Crippen LogP contribution in [-0.2, 0) is 4.79 Å². The van der Waals surface area contributed by atoms with Gasteiger partial charge in [0.2, 0.25) is 5.91 Å². The second kappa shape index (κ2) is 8.94. The summed E-state index contributed by atoms with van der Waals surface area (Å²) in [5, 5.41) is 5.66. The fourth-order valence-electron chi connectivity index (χ4n) is 2.06. The zero-order valence-corrected chi connectivity index (χ0v) is 13.0. The second-order valence-corrected chi connectivity index (χ2v) is 5.13. The molecule has 1 rings (SSSR count). The quantitative estimate of drug-likeness (QED) is 0.465. The number of carbonyl (C=O) groups excluding carboxylic acids is 3. The number of ketones is 1. The first-order chi connectivity index (χ1) is 10.5. The molecule has 0 aromatic heterocycles. The third kappa shape index (κ3) is 5.65. The predicted octanol–water partition coefficient (Wildman–Crippen LogP) is 0.863. The molecule has 0 saturated carbocycles. The molecule has 2 amide bonds. The van der Waals surface area contributed by atoms with Crippen molar-refractivity contribution in [3.05, 3.63) is 35.4 Å². The molecule has 6 nitrogen and oxygen atoms in total. The van der Waals surface area contributed by atoms with E-state index in [0.717, 1.165) is 12.8 Å². The summed E-state index contributed by atoms with van der Waals surface area (Å²) < 4.78 is 0. The first-order valence-corrected chi connectivity index (χ1v) is 7.31. The number of primary amides is 1. The molecule has 0 spiro atoms. The van der Waals surface area contributed by atoms with Crippen LogP contribution >= 0.6 is 0 Å². The van der Waals surface area contributed by atoms with E-state index in [4.69, 9.17) is 5.73 Å². The van der Waals surface area contributed by atoms with Gasteiger partial charge in [-0.15, -0.1) is 0 Å².